The second kappa shape index (κ2) is 9.55. The van der Waals surface area contributed by atoms with Crippen LogP contribution in [-0.4, -0.2) is 15.7 Å². The number of rotatable bonds is 6. The van der Waals surface area contributed by atoms with Crippen LogP contribution in [-0.2, 0) is 13.0 Å². The van der Waals surface area contributed by atoms with E-state index in [1.165, 1.54) is 4.68 Å². The van der Waals surface area contributed by atoms with Crippen molar-refractivity contribution in [1.29, 1.82) is 0 Å². The van der Waals surface area contributed by atoms with E-state index in [1.54, 1.807) is 18.2 Å². The van der Waals surface area contributed by atoms with Crippen molar-refractivity contribution < 1.29 is 4.79 Å². The van der Waals surface area contributed by atoms with Crippen LogP contribution in [0.25, 0.3) is 10.8 Å². The number of benzene rings is 4. The first kappa shape index (κ1) is 21.3. The van der Waals surface area contributed by atoms with E-state index in [2.05, 4.69) is 22.5 Å². The molecule has 1 heterocycles. The van der Waals surface area contributed by atoms with Crippen LogP contribution in [0.4, 0.5) is 5.69 Å². The summed E-state index contributed by atoms with van der Waals surface area (Å²) in [6.07, 6.45) is 0.693. The molecule has 0 radical (unpaired) electrons. The number of amides is 1. The van der Waals surface area contributed by atoms with Crippen molar-refractivity contribution in [2.75, 3.05) is 5.32 Å². The molecule has 0 atom stereocenters. The number of carbonyl (C=O) groups excluding carboxylic acids is 1. The number of hydrogen-bond donors (Lipinski definition) is 1. The molecule has 4 aromatic carbocycles. The summed E-state index contributed by atoms with van der Waals surface area (Å²) in [5.74, 6) is -0.349. The Bertz CT molecular complexity index is 1510. The van der Waals surface area contributed by atoms with E-state index in [1.807, 2.05) is 78.9 Å². The Morgan fingerprint density at radius 2 is 1.29 bits per heavy atom. The molecule has 0 aliphatic rings. The van der Waals surface area contributed by atoms with Crippen molar-refractivity contribution in [3.8, 4) is 0 Å². The Balaban J connectivity index is 1.52. The topological polar surface area (TPSA) is 64.0 Å². The van der Waals surface area contributed by atoms with Crippen molar-refractivity contribution >= 4 is 22.4 Å². The molecule has 0 saturated heterocycles. The number of aromatic nitrogens is 2. The molecule has 0 aliphatic heterocycles. The molecule has 0 fully saturated rings. The van der Waals surface area contributed by atoms with Gasteiger partial charge in [-0.1, -0.05) is 97.1 Å². The molecule has 0 saturated carbocycles. The quantitative estimate of drug-likeness (QED) is 0.386. The molecular weight excluding hydrogens is 422 g/mol. The van der Waals surface area contributed by atoms with Gasteiger partial charge in [0.1, 0.15) is 0 Å². The standard InChI is InChI=1S/C29H23N3O2/c33-28(30-26-18-10-7-15-23(26)19-21-11-3-1-4-12-21)27-24-16-8-9-17-25(24)29(34)32(31-27)20-22-13-5-2-6-14-22/h1-18H,19-20H2,(H,30,33). The fraction of sp³-hybridized carbons (Fsp3) is 0.0690. The summed E-state index contributed by atoms with van der Waals surface area (Å²) in [5, 5.41) is 8.54. The van der Waals surface area contributed by atoms with Gasteiger partial charge in [0, 0.05) is 11.1 Å². The minimum Gasteiger partial charge on any atom is -0.320 e. The van der Waals surface area contributed by atoms with Crippen molar-refractivity contribution in [1.82, 2.24) is 9.78 Å². The molecule has 34 heavy (non-hydrogen) atoms. The maximum atomic E-state index is 13.5. The van der Waals surface area contributed by atoms with Gasteiger partial charge >= 0.3 is 0 Å². The number of hydrogen-bond acceptors (Lipinski definition) is 3. The van der Waals surface area contributed by atoms with Gasteiger partial charge in [-0.15, -0.1) is 0 Å². The van der Waals surface area contributed by atoms with E-state index in [9.17, 15) is 9.59 Å². The normalized spacial score (nSPS) is 10.8. The average Bonchev–Trinajstić information content (AvgIpc) is 2.88. The minimum absolute atomic E-state index is 0.222. The summed E-state index contributed by atoms with van der Waals surface area (Å²) >= 11 is 0. The summed E-state index contributed by atoms with van der Waals surface area (Å²) in [5.41, 5.74) is 3.82. The van der Waals surface area contributed by atoms with Crippen LogP contribution in [0.1, 0.15) is 27.2 Å². The molecule has 5 nitrogen and oxygen atoms in total. The third-order valence-corrected chi connectivity index (χ3v) is 5.76. The summed E-state index contributed by atoms with van der Waals surface area (Å²) in [7, 11) is 0. The Morgan fingerprint density at radius 3 is 2.03 bits per heavy atom. The number of nitrogens with one attached hydrogen (secondary N) is 1. The third-order valence-electron chi connectivity index (χ3n) is 5.76. The number of anilines is 1. The van der Waals surface area contributed by atoms with E-state index < -0.39 is 0 Å². The highest BCUT2D eigenvalue weighted by atomic mass is 16.2. The van der Waals surface area contributed by atoms with E-state index in [0.29, 0.717) is 17.2 Å². The van der Waals surface area contributed by atoms with Gasteiger partial charge in [0.15, 0.2) is 5.69 Å². The zero-order valence-corrected chi connectivity index (χ0v) is 18.5. The molecule has 0 bridgehead atoms. The van der Waals surface area contributed by atoms with Gasteiger partial charge in [-0.05, 0) is 35.2 Å². The molecule has 5 rings (SSSR count). The first-order valence-electron chi connectivity index (χ1n) is 11.2. The maximum absolute atomic E-state index is 13.5. The highest BCUT2D eigenvalue weighted by Crippen LogP contribution is 2.21. The lowest BCUT2D eigenvalue weighted by molar-refractivity contribution is 0.102. The van der Waals surface area contributed by atoms with Gasteiger partial charge in [0.25, 0.3) is 11.5 Å². The van der Waals surface area contributed by atoms with Crippen molar-refractivity contribution in [3.05, 3.63) is 142 Å². The highest BCUT2D eigenvalue weighted by molar-refractivity contribution is 6.11. The fourth-order valence-electron chi connectivity index (χ4n) is 4.06. The fourth-order valence-corrected chi connectivity index (χ4v) is 4.06. The van der Waals surface area contributed by atoms with E-state index in [-0.39, 0.29) is 23.7 Å². The maximum Gasteiger partial charge on any atom is 0.276 e. The molecule has 1 aromatic heterocycles. The lowest BCUT2D eigenvalue weighted by Crippen LogP contribution is -2.28. The molecular formula is C29H23N3O2. The number of para-hydroxylation sites is 1. The van der Waals surface area contributed by atoms with Crippen LogP contribution in [0.15, 0.2) is 114 Å². The zero-order valence-electron chi connectivity index (χ0n) is 18.5. The zero-order chi connectivity index (χ0) is 23.3. The Labute approximate surface area is 197 Å². The lowest BCUT2D eigenvalue weighted by atomic mass is 10.0. The number of fused-ring (bicyclic) bond motifs is 1. The van der Waals surface area contributed by atoms with Crippen LogP contribution in [0, 0.1) is 0 Å². The number of nitrogens with zero attached hydrogens (tertiary/aromatic N) is 2. The molecule has 0 unspecified atom stereocenters. The van der Waals surface area contributed by atoms with Crippen molar-refractivity contribution in [2.45, 2.75) is 13.0 Å². The predicted molar refractivity (Wildman–Crippen MR) is 135 cm³/mol. The molecule has 1 amide bonds. The van der Waals surface area contributed by atoms with E-state index in [4.69, 9.17) is 0 Å². The second-order valence-corrected chi connectivity index (χ2v) is 8.12. The summed E-state index contributed by atoms with van der Waals surface area (Å²) in [6.45, 7) is 0.287. The lowest BCUT2D eigenvalue weighted by Gasteiger charge is -2.14. The van der Waals surface area contributed by atoms with Gasteiger partial charge in [-0.25, -0.2) is 4.68 Å². The Kier molecular flexibility index (Phi) is 5.99. The van der Waals surface area contributed by atoms with Gasteiger partial charge in [-0.3, -0.25) is 9.59 Å². The van der Waals surface area contributed by atoms with Crippen LogP contribution in [0.3, 0.4) is 0 Å². The largest absolute Gasteiger partial charge is 0.320 e. The van der Waals surface area contributed by atoms with Gasteiger partial charge in [0.2, 0.25) is 0 Å². The third kappa shape index (κ3) is 4.50. The summed E-state index contributed by atoms with van der Waals surface area (Å²) in [4.78, 5) is 26.6. The first-order valence-corrected chi connectivity index (χ1v) is 11.2. The van der Waals surface area contributed by atoms with Crippen LogP contribution in [0.5, 0.6) is 0 Å². The van der Waals surface area contributed by atoms with E-state index >= 15 is 0 Å². The average molecular weight is 446 g/mol. The SMILES string of the molecule is O=C(Nc1ccccc1Cc1ccccc1)c1nn(Cc2ccccc2)c(=O)c2ccccc12. The molecule has 166 valence electrons. The summed E-state index contributed by atoms with van der Waals surface area (Å²) in [6, 6.07) is 34.6. The Hall–Kier alpha value is -4.51. The number of carbonyl (C=O) groups is 1. The minimum atomic E-state index is -0.349. The van der Waals surface area contributed by atoms with E-state index in [0.717, 1.165) is 22.4 Å². The molecule has 0 spiro atoms. The molecule has 0 aliphatic carbocycles. The summed E-state index contributed by atoms with van der Waals surface area (Å²) < 4.78 is 1.36. The Morgan fingerprint density at radius 1 is 0.706 bits per heavy atom. The first-order chi connectivity index (χ1) is 16.7. The molecule has 5 heteroatoms. The van der Waals surface area contributed by atoms with Crippen molar-refractivity contribution in [3.63, 3.8) is 0 Å². The van der Waals surface area contributed by atoms with Gasteiger partial charge < -0.3 is 5.32 Å². The van der Waals surface area contributed by atoms with Crippen LogP contribution in [0.2, 0.25) is 0 Å². The second-order valence-electron chi connectivity index (χ2n) is 8.12. The highest BCUT2D eigenvalue weighted by Gasteiger charge is 2.18. The smallest absolute Gasteiger partial charge is 0.276 e. The van der Waals surface area contributed by atoms with Gasteiger partial charge in [0.05, 0.1) is 11.9 Å². The van der Waals surface area contributed by atoms with Gasteiger partial charge in [-0.2, -0.15) is 5.10 Å². The molecule has 5 aromatic rings. The van der Waals surface area contributed by atoms with Crippen LogP contribution < -0.4 is 10.9 Å². The monoisotopic (exact) mass is 445 g/mol. The van der Waals surface area contributed by atoms with Crippen LogP contribution >= 0.6 is 0 Å². The molecule has 1 N–H and O–H groups in total. The van der Waals surface area contributed by atoms with Crippen molar-refractivity contribution in [2.24, 2.45) is 0 Å². The predicted octanol–water partition coefficient (Wildman–Crippen LogP) is 5.29.